The molecule has 1 aromatic rings. The summed E-state index contributed by atoms with van der Waals surface area (Å²) >= 11 is 0. The van der Waals surface area contributed by atoms with Crippen LogP contribution >= 0.6 is 0 Å². The van der Waals surface area contributed by atoms with E-state index >= 15 is 0 Å². The molecule has 8 heteroatoms. The van der Waals surface area contributed by atoms with E-state index in [1.54, 1.807) is 0 Å². The monoisotopic (exact) mass is 315 g/mol. The third-order valence-electron chi connectivity index (χ3n) is 2.97. The first-order valence-corrected chi connectivity index (χ1v) is 8.27. The van der Waals surface area contributed by atoms with E-state index in [4.69, 9.17) is 0 Å². The summed E-state index contributed by atoms with van der Waals surface area (Å²) in [5.41, 5.74) is 0.139. The molecule has 0 radical (unpaired) electrons. The fraction of sp³-hybridized carbons (Fsp3) is 0.538. The molecule has 0 aliphatic rings. The van der Waals surface area contributed by atoms with Gasteiger partial charge in [0.1, 0.15) is 4.90 Å². The Balaban J connectivity index is 3.30. The van der Waals surface area contributed by atoms with Gasteiger partial charge < -0.3 is 5.32 Å². The Hall–Kier alpha value is -1.67. The van der Waals surface area contributed by atoms with Crippen molar-refractivity contribution in [3.63, 3.8) is 0 Å². The topological polar surface area (TPSA) is 92.5 Å². The largest absolute Gasteiger partial charge is 0.384 e. The second kappa shape index (κ2) is 7.37. The number of benzene rings is 1. The van der Waals surface area contributed by atoms with Gasteiger partial charge in [0.05, 0.1) is 10.6 Å². The zero-order valence-electron chi connectivity index (χ0n) is 12.5. The summed E-state index contributed by atoms with van der Waals surface area (Å²) < 4.78 is 26.3. The number of nitrogens with zero attached hydrogens (tertiary/aromatic N) is 2. The molecule has 0 aliphatic carbocycles. The highest BCUT2D eigenvalue weighted by molar-refractivity contribution is 7.89. The van der Waals surface area contributed by atoms with Crippen molar-refractivity contribution in [3.05, 3.63) is 28.3 Å². The first kappa shape index (κ1) is 17.4. The van der Waals surface area contributed by atoms with Gasteiger partial charge in [0.15, 0.2) is 0 Å². The molecule has 0 bridgehead atoms. The summed E-state index contributed by atoms with van der Waals surface area (Å²) in [5.74, 6) is 0. The molecule has 0 saturated carbocycles. The molecule has 0 aliphatic heterocycles. The molecule has 118 valence electrons. The van der Waals surface area contributed by atoms with Gasteiger partial charge in [-0.05, 0) is 18.9 Å². The van der Waals surface area contributed by atoms with Crippen molar-refractivity contribution in [3.8, 4) is 0 Å². The Morgan fingerprint density at radius 2 is 1.95 bits per heavy atom. The van der Waals surface area contributed by atoms with Gasteiger partial charge in [0.2, 0.25) is 10.0 Å². The summed E-state index contributed by atoms with van der Waals surface area (Å²) in [7, 11) is -2.15. The predicted octanol–water partition coefficient (Wildman–Crippen LogP) is 2.45. The van der Waals surface area contributed by atoms with Crippen LogP contribution in [0.1, 0.15) is 26.7 Å². The van der Waals surface area contributed by atoms with E-state index in [2.05, 4.69) is 5.32 Å². The van der Waals surface area contributed by atoms with Gasteiger partial charge in [-0.15, -0.1) is 0 Å². The SMILES string of the molecule is CCCNc1cc([N+](=O)[O-])ccc1S(=O)(=O)N(C)CCC. The molecule has 0 spiro atoms. The molecule has 0 aromatic heterocycles. The maximum absolute atomic E-state index is 12.5. The number of rotatable bonds is 8. The number of nitrogens with one attached hydrogen (secondary N) is 1. The average molecular weight is 315 g/mol. The molecule has 0 unspecified atom stereocenters. The molecular weight excluding hydrogens is 294 g/mol. The maximum atomic E-state index is 12.5. The van der Waals surface area contributed by atoms with E-state index in [0.29, 0.717) is 19.5 Å². The van der Waals surface area contributed by atoms with Crippen LogP contribution in [0.2, 0.25) is 0 Å². The highest BCUT2D eigenvalue weighted by Crippen LogP contribution is 2.28. The minimum atomic E-state index is -3.66. The first-order valence-electron chi connectivity index (χ1n) is 6.83. The van der Waals surface area contributed by atoms with Crippen molar-refractivity contribution < 1.29 is 13.3 Å². The lowest BCUT2D eigenvalue weighted by Crippen LogP contribution is -2.28. The highest BCUT2D eigenvalue weighted by Gasteiger charge is 2.25. The van der Waals surface area contributed by atoms with E-state index in [9.17, 15) is 18.5 Å². The van der Waals surface area contributed by atoms with Gasteiger partial charge in [-0.25, -0.2) is 12.7 Å². The fourth-order valence-electron chi connectivity index (χ4n) is 1.86. The van der Waals surface area contributed by atoms with Crippen LogP contribution in [0.3, 0.4) is 0 Å². The summed E-state index contributed by atoms with van der Waals surface area (Å²) in [5, 5.41) is 13.8. The molecule has 0 saturated heterocycles. The Morgan fingerprint density at radius 3 is 2.48 bits per heavy atom. The van der Waals surface area contributed by atoms with Crippen molar-refractivity contribution in [1.82, 2.24) is 4.31 Å². The standard InChI is InChI=1S/C13H21N3O4S/c1-4-8-14-12-10-11(16(17)18)6-7-13(12)21(19,20)15(3)9-5-2/h6-7,10,14H,4-5,8-9H2,1-3H3. The van der Waals surface area contributed by atoms with E-state index in [-0.39, 0.29) is 16.3 Å². The Labute approximate surface area is 125 Å². The number of non-ortho nitro benzene ring substituents is 1. The van der Waals surface area contributed by atoms with Gasteiger partial charge in [-0.1, -0.05) is 13.8 Å². The number of nitro benzene ring substituents is 1. The van der Waals surface area contributed by atoms with E-state index in [1.165, 1.54) is 29.6 Å². The number of hydrogen-bond donors (Lipinski definition) is 1. The van der Waals surface area contributed by atoms with Crippen molar-refractivity contribution in [2.75, 3.05) is 25.5 Å². The molecular formula is C13H21N3O4S. The van der Waals surface area contributed by atoms with Gasteiger partial charge in [0.25, 0.3) is 5.69 Å². The van der Waals surface area contributed by atoms with Crippen LogP contribution in [0.4, 0.5) is 11.4 Å². The van der Waals surface area contributed by atoms with Crippen LogP contribution in [0.25, 0.3) is 0 Å². The van der Waals surface area contributed by atoms with Crippen LogP contribution in [-0.4, -0.2) is 37.8 Å². The number of hydrogen-bond acceptors (Lipinski definition) is 5. The summed E-state index contributed by atoms with van der Waals surface area (Å²) in [4.78, 5) is 10.4. The lowest BCUT2D eigenvalue weighted by molar-refractivity contribution is -0.384. The maximum Gasteiger partial charge on any atom is 0.271 e. The summed E-state index contributed by atoms with van der Waals surface area (Å²) in [6.07, 6.45) is 1.48. The predicted molar refractivity (Wildman–Crippen MR) is 82.0 cm³/mol. The smallest absolute Gasteiger partial charge is 0.271 e. The molecule has 1 aromatic carbocycles. The zero-order chi connectivity index (χ0) is 16.0. The van der Waals surface area contributed by atoms with Crippen molar-refractivity contribution >= 4 is 21.4 Å². The van der Waals surface area contributed by atoms with Gasteiger partial charge in [0, 0.05) is 32.3 Å². The zero-order valence-corrected chi connectivity index (χ0v) is 13.3. The Kier molecular flexibility index (Phi) is 6.10. The minimum Gasteiger partial charge on any atom is -0.384 e. The fourth-order valence-corrected chi connectivity index (χ4v) is 3.26. The van der Waals surface area contributed by atoms with E-state index in [0.717, 1.165) is 6.42 Å². The number of nitro groups is 1. The van der Waals surface area contributed by atoms with E-state index < -0.39 is 14.9 Å². The van der Waals surface area contributed by atoms with Crippen LogP contribution in [0.15, 0.2) is 23.1 Å². The molecule has 1 rings (SSSR count). The Bertz CT molecular complexity index is 601. The van der Waals surface area contributed by atoms with Crippen molar-refractivity contribution in [1.29, 1.82) is 0 Å². The quantitative estimate of drug-likeness (QED) is 0.587. The first-order chi connectivity index (χ1) is 9.84. The van der Waals surface area contributed by atoms with Gasteiger partial charge in [-0.3, -0.25) is 10.1 Å². The molecule has 21 heavy (non-hydrogen) atoms. The van der Waals surface area contributed by atoms with E-state index in [1.807, 2.05) is 13.8 Å². The lowest BCUT2D eigenvalue weighted by Gasteiger charge is -2.19. The molecule has 1 N–H and O–H groups in total. The normalized spacial score (nSPS) is 11.6. The number of sulfonamides is 1. The summed E-state index contributed by atoms with van der Waals surface area (Å²) in [6, 6.07) is 3.77. The average Bonchev–Trinajstić information content (AvgIpc) is 2.44. The van der Waals surface area contributed by atoms with Gasteiger partial charge in [-0.2, -0.15) is 0 Å². The third kappa shape index (κ3) is 4.15. The second-order valence-corrected chi connectivity index (χ2v) is 6.70. The number of anilines is 1. The van der Waals surface area contributed by atoms with Crippen molar-refractivity contribution in [2.45, 2.75) is 31.6 Å². The van der Waals surface area contributed by atoms with Crippen LogP contribution in [0.5, 0.6) is 0 Å². The van der Waals surface area contributed by atoms with Crippen LogP contribution < -0.4 is 5.32 Å². The van der Waals surface area contributed by atoms with Crippen molar-refractivity contribution in [2.24, 2.45) is 0 Å². The third-order valence-corrected chi connectivity index (χ3v) is 4.88. The Morgan fingerprint density at radius 1 is 1.29 bits per heavy atom. The van der Waals surface area contributed by atoms with Crippen LogP contribution in [-0.2, 0) is 10.0 Å². The lowest BCUT2D eigenvalue weighted by atomic mass is 10.2. The molecule has 0 fully saturated rings. The highest BCUT2D eigenvalue weighted by atomic mass is 32.2. The molecule has 0 amide bonds. The minimum absolute atomic E-state index is 0.0671. The molecule has 0 atom stereocenters. The molecule has 7 nitrogen and oxygen atoms in total. The second-order valence-electron chi connectivity index (χ2n) is 4.69. The molecule has 0 heterocycles. The van der Waals surface area contributed by atoms with Gasteiger partial charge >= 0.3 is 0 Å². The van der Waals surface area contributed by atoms with Crippen LogP contribution in [0, 0.1) is 10.1 Å². The summed E-state index contributed by atoms with van der Waals surface area (Å²) in [6.45, 7) is 4.76.